The third-order valence-corrected chi connectivity index (χ3v) is 6.63. The largest absolute Gasteiger partial charge is 0.461 e. The Morgan fingerprint density at radius 3 is 2.58 bits per heavy atom. The smallest absolute Gasteiger partial charge is 0.251 e. The molecule has 4 aromatic carbocycles. The fourth-order valence-electron chi connectivity index (χ4n) is 4.63. The molecule has 0 bridgehead atoms. The summed E-state index contributed by atoms with van der Waals surface area (Å²) in [4.78, 5) is 13.5. The van der Waals surface area contributed by atoms with Crippen LogP contribution < -0.4 is 4.74 Å². The van der Waals surface area contributed by atoms with E-state index < -0.39 is 6.23 Å². The lowest BCUT2D eigenvalue weighted by molar-refractivity contribution is -0.00455. The summed E-state index contributed by atoms with van der Waals surface area (Å²) in [7, 11) is 0. The maximum absolute atomic E-state index is 13.5. The molecule has 33 heavy (non-hydrogen) atoms. The molecule has 0 aromatic heterocycles. The van der Waals surface area contributed by atoms with E-state index in [-0.39, 0.29) is 11.8 Å². The van der Waals surface area contributed by atoms with Crippen LogP contribution in [0.2, 0.25) is 5.02 Å². The number of Topliss-reactive ketones (excluding diaryl/α,β-unsaturated/α-hetero) is 1. The van der Waals surface area contributed by atoms with Gasteiger partial charge >= 0.3 is 0 Å². The average molecular weight is 453 g/mol. The predicted octanol–water partition coefficient (Wildman–Crippen LogP) is 6.55. The monoisotopic (exact) mass is 452 g/mol. The Balaban J connectivity index is 1.43. The fraction of sp³-hybridized carbons (Fsp3) is 0.143. The molecular formula is C28H21ClN2O2. The molecule has 6 rings (SSSR count). The highest BCUT2D eigenvalue weighted by atomic mass is 35.5. The Morgan fingerprint density at radius 1 is 0.970 bits per heavy atom. The number of hydrogen-bond donors (Lipinski definition) is 0. The summed E-state index contributed by atoms with van der Waals surface area (Å²) in [5, 5.41) is 9.72. The topological polar surface area (TPSA) is 41.9 Å². The van der Waals surface area contributed by atoms with E-state index in [0.717, 1.165) is 27.8 Å². The zero-order chi connectivity index (χ0) is 22.5. The summed E-state index contributed by atoms with van der Waals surface area (Å²) < 4.78 is 6.21. The van der Waals surface area contributed by atoms with Gasteiger partial charge in [-0.3, -0.25) is 4.79 Å². The number of rotatable bonds is 3. The third-order valence-electron chi connectivity index (χ3n) is 6.39. The Hall–Kier alpha value is -3.63. The first-order valence-corrected chi connectivity index (χ1v) is 11.4. The lowest BCUT2D eigenvalue weighted by Crippen LogP contribution is -2.45. The molecule has 0 radical (unpaired) electrons. The van der Waals surface area contributed by atoms with Crippen LogP contribution >= 0.6 is 11.6 Å². The lowest BCUT2D eigenvalue weighted by Gasteiger charge is -2.37. The molecule has 0 spiro atoms. The minimum Gasteiger partial charge on any atom is -0.461 e. The lowest BCUT2D eigenvalue weighted by atomic mass is 9.95. The Bertz CT molecular complexity index is 1430. The molecule has 0 saturated carbocycles. The van der Waals surface area contributed by atoms with E-state index in [2.05, 4.69) is 30.3 Å². The van der Waals surface area contributed by atoms with Crippen molar-refractivity contribution in [2.45, 2.75) is 25.6 Å². The second-order valence-corrected chi connectivity index (χ2v) is 9.03. The normalized spacial score (nSPS) is 19.0. The van der Waals surface area contributed by atoms with Gasteiger partial charge in [0.25, 0.3) is 6.23 Å². The summed E-state index contributed by atoms with van der Waals surface area (Å²) in [5.74, 6) is 0.574. The summed E-state index contributed by atoms with van der Waals surface area (Å²) in [6.07, 6.45) is -0.156. The van der Waals surface area contributed by atoms with E-state index in [1.165, 1.54) is 5.39 Å². The second-order valence-electron chi connectivity index (χ2n) is 8.59. The number of ketones is 1. The summed E-state index contributed by atoms with van der Waals surface area (Å²) in [6, 6.07) is 27.6. The fourth-order valence-corrected chi connectivity index (χ4v) is 4.82. The van der Waals surface area contributed by atoms with Gasteiger partial charge in [-0.15, -0.1) is 0 Å². The highest BCUT2D eigenvalue weighted by Crippen LogP contribution is 2.44. The molecule has 0 fully saturated rings. The Morgan fingerprint density at radius 2 is 1.76 bits per heavy atom. The van der Waals surface area contributed by atoms with Crippen LogP contribution in [0.5, 0.6) is 5.75 Å². The molecule has 4 nitrogen and oxygen atoms in total. The molecule has 0 unspecified atom stereocenters. The third kappa shape index (κ3) is 3.47. The summed E-state index contributed by atoms with van der Waals surface area (Å²) >= 11 is 6.32. The van der Waals surface area contributed by atoms with Crippen molar-refractivity contribution >= 4 is 33.9 Å². The van der Waals surface area contributed by atoms with Crippen molar-refractivity contribution < 1.29 is 9.53 Å². The van der Waals surface area contributed by atoms with Gasteiger partial charge in [-0.1, -0.05) is 77.8 Å². The van der Waals surface area contributed by atoms with Gasteiger partial charge in [0, 0.05) is 22.6 Å². The van der Waals surface area contributed by atoms with Crippen molar-refractivity contribution in [3.8, 4) is 5.75 Å². The van der Waals surface area contributed by atoms with Crippen LogP contribution in [0.25, 0.3) is 10.8 Å². The Labute approximate surface area is 197 Å². The number of aryl methyl sites for hydroxylation is 1. The van der Waals surface area contributed by atoms with Crippen LogP contribution in [0, 0.1) is 6.92 Å². The van der Waals surface area contributed by atoms with Crippen molar-refractivity contribution in [3.63, 3.8) is 0 Å². The number of carbonyl (C=O) groups is 1. The van der Waals surface area contributed by atoms with E-state index >= 15 is 0 Å². The van der Waals surface area contributed by atoms with E-state index in [0.29, 0.717) is 22.8 Å². The summed E-state index contributed by atoms with van der Waals surface area (Å²) in [5.41, 5.74) is 4.65. The number of fused-ring (bicyclic) bond motifs is 4. The van der Waals surface area contributed by atoms with E-state index in [1.54, 1.807) is 6.07 Å². The van der Waals surface area contributed by atoms with Gasteiger partial charge in [-0.05, 0) is 47.5 Å². The van der Waals surface area contributed by atoms with Gasteiger partial charge in [0.2, 0.25) is 5.78 Å². The van der Waals surface area contributed by atoms with Crippen molar-refractivity contribution in [3.05, 3.63) is 112 Å². The van der Waals surface area contributed by atoms with Crippen molar-refractivity contribution in [2.75, 3.05) is 0 Å². The van der Waals surface area contributed by atoms with Crippen LogP contribution in [0.1, 0.15) is 39.5 Å². The SMILES string of the molecule is Cc1ccc(C(=O)[C@H]2Oc3ccc(Cl)cc3[C@H]3CC(c4ccc5ccccc5c4)=NN23)cc1. The first kappa shape index (κ1) is 20.0. The van der Waals surface area contributed by atoms with Crippen molar-refractivity contribution in [2.24, 2.45) is 5.10 Å². The molecule has 2 heterocycles. The van der Waals surface area contributed by atoms with Crippen LogP contribution in [-0.4, -0.2) is 22.7 Å². The minimum atomic E-state index is -0.829. The maximum Gasteiger partial charge on any atom is 0.251 e. The number of carbonyl (C=O) groups excluding carboxylic acids is 1. The van der Waals surface area contributed by atoms with Gasteiger partial charge in [-0.25, -0.2) is 5.01 Å². The Kier molecular flexibility index (Phi) is 4.70. The maximum atomic E-state index is 13.5. The van der Waals surface area contributed by atoms with Crippen LogP contribution in [0.4, 0.5) is 0 Å². The second kappa shape index (κ2) is 7.75. The quantitative estimate of drug-likeness (QED) is 0.331. The predicted molar refractivity (Wildman–Crippen MR) is 131 cm³/mol. The molecule has 0 amide bonds. The van der Waals surface area contributed by atoms with E-state index in [1.807, 2.05) is 60.5 Å². The molecule has 4 aromatic rings. The highest BCUT2D eigenvalue weighted by Gasteiger charge is 2.43. The van der Waals surface area contributed by atoms with Crippen LogP contribution in [-0.2, 0) is 0 Å². The molecule has 0 saturated heterocycles. The molecule has 5 heteroatoms. The highest BCUT2D eigenvalue weighted by molar-refractivity contribution is 6.30. The first-order valence-electron chi connectivity index (χ1n) is 11.0. The molecule has 2 aliphatic rings. The number of benzene rings is 4. The molecular weight excluding hydrogens is 432 g/mol. The number of halogens is 1. The molecule has 162 valence electrons. The van der Waals surface area contributed by atoms with Gasteiger partial charge in [0.1, 0.15) is 5.75 Å². The van der Waals surface area contributed by atoms with Gasteiger partial charge < -0.3 is 4.74 Å². The summed E-state index contributed by atoms with van der Waals surface area (Å²) in [6.45, 7) is 2.00. The average Bonchev–Trinajstić information content (AvgIpc) is 3.29. The minimum absolute atomic E-state index is 0.107. The van der Waals surface area contributed by atoms with Gasteiger partial charge in [0.05, 0.1) is 11.8 Å². The molecule has 2 aliphatic heterocycles. The standard InChI is InChI=1S/C28H21ClN2O2/c1-17-6-8-19(9-7-17)27(32)28-31-25(23-15-22(29)12-13-26(23)33-28)16-24(30-31)21-11-10-18-4-2-3-5-20(18)14-21/h2-15,25,28H,16H2,1H3/t25-,28-/m1/s1. The molecule has 2 atom stereocenters. The van der Waals surface area contributed by atoms with Gasteiger partial charge in [0.15, 0.2) is 0 Å². The number of nitrogens with zero attached hydrogens (tertiary/aromatic N) is 2. The van der Waals surface area contributed by atoms with Gasteiger partial charge in [-0.2, -0.15) is 5.10 Å². The van der Waals surface area contributed by atoms with Crippen LogP contribution in [0.3, 0.4) is 0 Å². The molecule has 0 aliphatic carbocycles. The van der Waals surface area contributed by atoms with E-state index in [9.17, 15) is 4.79 Å². The zero-order valence-corrected chi connectivity index (χ0v) is 18.8. The number of hydrazone groups is 1. The number of ether oxygens (including phenoxy) is 1. The van der Waals surface area contributed by atoms with Crippen molar-refractivity contribution in [1.29, 1.82) is 0 Å². The van der Waals surface area contributed by atoms with Crippen LogP contribution in [0.15, 0.2) is 90.0 Å². The number of hydrogen-bond acceptors (Lipinski definition) is 4. The van der Waals surface area contributed by atoms with E-state index in [4.69, 9.17) is 21.4 Å². The molecule has 0 N–H and O–H groups in total. The zero-order valence-electron chi connectivity index (χ0n) is 18.0. The van der Waals surface area contributed by atoms with Crippen molar-refractivity contribution in [1.82, 2.24) is 5.01 Å². The first-order chi connectivity index (χ1) is 16.1.